The maximum absolute atomic E-state index is 11.2. The highest BCUT2D eigenvalue weighted by molar-refractivity contribution is 5.70. The van der Waals surface area contributed by atoms with E-state index in [9.17, 15) is 9.90 Å². The fourth-order valence-electron chi connectivity index (χ4n) is 2.50. The van der Waals surface area contributed by atoms with Crippen LogP contribution in [0, 0.1) is 5.92 Å². The van der Waals surface area contributed by atoms with Crippen LogP contribution in [0.25, 0.3) is 0 Å². The SMILES string of the molecule is COc1c(C(C)C)ccc(C(C)C)c1CC(C)C(=O)O. The van der Waals surface area contributed by atoms with Crippen LogP contribution in [0.1, 0.15) is 63.1 Å². The predicted molar refractivity (Wildman–Crippen MR) is 81.7 cm³/mol. The van der Waals surface area contributed by atoms with Crippen LogP contribution in [-0.2, 0) is 11.2 Å². The maximum Gasteiger partial charge on any atom is 0.306 e. The lowest BCUT2D eigenvalue weighted by atomic mass is 9.86. The molecule has 0 saturated heterocycles. The number of methoxy groups -OCH3 is 1. The van der Waals surface area contributed by atoms with Crippen molar-refractivity contribution in [1.82, 2.24) is 0 Å². The van der Waals surface area contributed by atoms with E-state index in [4.69, 9.17) is 4.74 Å². The molecule has 1 atom stereocenters. The van der Waals surface area contributed by atoms with Crippen molar-refractivity contribution in [2.75, 3.05) is 7.11 Å². The molecule has 0 aromatic heterocycles. The van der Waals surface area contributed by atoms with Gasteiger partial charge in [-0.1, -0.05) is 46.8 Å². The van der Waals surface area contributed by atoms with Crippen molar-refractivity contribution in [3.05, 3.63) is 28.8 Å². The van der Waals surface area contributed by atoms with Crippen molar-refractivity contribution >= 4 is 5.97 Å². The normalized spacial score (nSPS) is 12.8. The summed E-state index contributed by atoms with van der Waals surface area (Å²) in [4.78, 5) is 11.2. The molecule has 0 aliphatic heterocycles. The molecule has 0 aliphatic rings. The van der Waals surface area contributed by atoms with Gasteiger partial charge in [0.1, 0.15) is 5.75 Å². The lowest BCUT2D eigenvalue weighted by Gasteiger charge is -2.22. The lowest BCUT2D eigenvalue weighted by molar-refractivity contribution is -0.141. The zero-order valence-corrected chi connectivity index (χ0v) is 13.4. The smallest absolute Gasteiger partial charge is 0.306 e. The summed E-state index contributed by atoms with van der Waals surface area (Å²) in [5.41, 5.74) is 3.37. The van der Waals surface area contributed by atoms with Gasteiger partial charge in [-0.05, 0) is 34.9 Å². The molecule has 0 aliphatic carbocycles. The van der Waals surface area contributed by atoms with Crippen molar-refractivity contribution in [1.29, 1.82) is 0 Å². The molecule has 0 heterocycles. The van der Waals surface area contributed by atoms with Crippen LogP contribution in [-0.4, -0.2) is 18.2 Å². The van der Waals surface area contributed by atoms with E-state index in [0.29, 0.717) is 18.3 Å². The number of hydrogen-bond donors (Lipinski definition) is 1. The Morgan fingerprint density at radius 1 is 1.10 bits per heavy atom. The highest BCUT2D eigenvalue weighted by Gasteiger charge is 2.22. The molecule has 0 spiro atoms. The van der Waals surface area contributed by atoms with Gasteiger partial charge in [-0.3, -0.25) is 4.79 Å². The molecule has 0 bridgehead atoms. The first-order valence-electron chi connectivity index (χ1n) is 7.22. The summed E-state index contributed by atoms with van der Waals surface area (Å²) >= 11 is 0. The van der Waals surface area contributed by atoms with Crippen LogP contribution in [0.2, 0.25) is 0 Å². The Hall–Kier alpha value is -1.51. The molecule has 0 saturated carbocycles. The molecule has 0 radical (unpaired) electrons. The average Bonchev–Trinajstić information content (AvgIpc) is 2.37. The minimum absolute atomic E-state index is 0.348. The molecule has 0 fully saturated rings. The molecule has 3 nitrogen and oxygen atoms in total. The van der Waals surface area contributed by atoms with Crippen LogP contribution in [0.4, 0.5) is 0 Å². The number of carboxylic acid groups (broad SMARTS) is 1. The molecule has 3 heteroatoms. The number of carbonyl (C=O) groups is 1. The van der Waals surface area contributed by atoms with E-state index in [0.717, 1.165) is 16.9 Å². The molecule has 1 aromatic carbocycles. The van der Waals surface area contributed by atoms with Gasteiger partial charge in [-0.2, -0.15) is 0 Å². The van der Waals surface area contributed by atoms with E-state index in [1.165, 1.54) is 5.56 Å². The summed E-state index contributed by atoms with van der Waals surface area (Å²) in [6, 6.07) is 4.22. The number of carboxylic acids is 1. The monoisotopic (exact) mass is 278 g/mol. The van der Waals surface area contributed by atoms with Crippen LogP contribution in [0.15, 0.2) is 12.1 Å². The summed E-state index contributed by atoms with van der Waals surface area (Å²) in [6.45, 7) is 10.2. The second kappa shape index (κ2) is 6.78. The number of aliphatic carboxylic acids is 1. The van der Waals surface area contributed by atoms with E-state index >= 15 is 0 Å². The zero-order valence-electron chi connectivity index (χ0n) is 13.4. The number of rotatable bonds is 6. The lowest BCUT2D eigenvalue weighted by Crippen LogP contribution is -2.15. The van der Waals surface area contributed by atoms with Crippen molar-refractivity contribution in [2.45, 2.75) is 52.9 Å². The third-order valence-corrected chi connectivity index (χ3v) is 3.71. The molecule has 1 rings (SSSR count). The zero-order chi connectivity index (χ0) is 15.4. The van der Waals surface area contributed by atoms with Gasteiger partial charge in [-0.15, -0.1) is 0 Å². The third-order valence-electron chi connectivity index (χ3n) is 3.71. The van der Waals surface area contributed by atoms with Gasteiger partial charge in [0, 0.05) is 0 Å². The Kier molecular flexibility index (Phi) is 5.61. The van der Waals surface area contributed by atoms with Gasteiger partial charge >= 0.3 is 5.97 Å². The van der Waals surface area contributed by atoms with Crippen LogP contribution >= 0.6 is 0 Å². The molecule has 1 unspecified atom stereocenters. The van der Waals surface area contributed by atoms with Crippen LogP contribution in [0.5, 0.6) is 5.75 Å². The standard InChI is InChI=1S/C17H26O3/c1-10(2)13-7-8-14(11(3)4)16(20-6)15(13)9-12(5)17(18)19/h7-8,10-12H,9H2,1-6H3,(H,18,19). The summed E-state index contributed by atoms with van der Waals surface area (Å²) in [5.74, 6) is 0.381. The quantitative estimate of drug-likeness (QED) is 0.848. The van der Waals surface area contributed by atoms with Gasteiger partial charge in [0.15, 0.2) is 0 Å². The highest BCUT2D eigenvalue weighted by atomic mass is 16.5. The number of hydrogen-bond acceptors (Lipinski definition) is 2. The van der Waals surface area contributed by atoms with Gasteiger partial charge in [0.2, 0.25) is 0 Å². The molecule has 0 amide bonds. The largest absolute Gasteiger partial charge is 0.496 e. The number of benzene rings is 1. The second-order valence-electron chi connectivity index (χ2n) is 6.01. The predicted octanol–water partition coefficient (Wildman–Crippen LogP) is 4.21. The van der Waals surface area contributed by atoms with Gasteiger partial charge in [-0.25, -0.2) is 0 Å². The van der Waals surface area contributed by atoms with Crippen LogP contribution < -0.4 is 4.74 Å². The van der Waals surface area contributed by atoms with E-state index < -0.39 is 11.9 Å². The fraction of sp³-hybridized carbons (Fsp3) is 0.588. The Balaban J connectivity index is 3.40. The molecular weight excluding hydrogens is 252 g/mol. The molecule has 1 aromatic rings. The average molecular weight is 278 g/mol. The number of ether oxygens (including phenoxy) is 1. The topological polar surface area (TPSA) is 46.5 Å². The van der Waals surface area contributed by atoms with Gasteiger partial charge in [0.25, 0.3) is 0 Å². The van der Waals surface area contributed by atoms with E-state index in [-0.39, 0.29) is 0 Å². The summed E-state index contributed by atoms with van der Waals surface area (Å²) in [5, 5.41) is 9.17. The Labute approximate surface area is 122 Å². The highest BCUT2D eigenvalue weighted by Crippen LogP contribution is 2.36. The van der Waals surface area contributed by atoms with E-state index in [1.54, 1.807) is 14.0 Å². The minimum atomic E-state index is -0.767. The second-order valence-corrected chi connectivity index (χ2v) is 6.01. The summed E-state index contributed by atoms with van der Waals surface area (Å²) in [7, 11) is 1.67. The molecule has 1 N–H and O–H groups in total. The molecule has 112 valence electrons. The van der Waals surface area contributed by atoms with Crippen molar-refractivity contribution < 1.29 is 14.6 Å². The van der Waals surface area contributed by atoms with E-state index in [2.05, 4.69) is 39.8 Å². The fourth-order valence-corrected chi connectivity index (χ4v) is 2.50. The van der Waals surface area contributed by atoms with Crippen molar-refractivity contribution in [3.63, 3.8) is 0 Å². The summed E-state index contributed by atoms with van der Waals surface area (Å²) in [6.07, 6.45) is 0.507. The third kappa shape index (κ3) is 3.53. The van der Waals surface area contributed by atoms with Gasteiger partial charge < -0.3 is 9.84 Å². The van der Waals surface area contributed by atoms with E-state index in [1.807, 2.05) is 0 Å². The molecular formula is C17H26O3. The van der Waals surface area contributed by atoms with Crippen LogP contribution in [0.3, 0.4) is 0 Å². The minimum Gasteiger partial charge on any atom is -0.496 e. The Morgan fingerprint density at radius 2 is 1.60 bits per heavy atom. The molecule has 20 heavy (non-hydrogen) atoms. The first-order valence-corrected chi connectivity index (χ1v) is 7.22. The van der Waals surface area contributed by atoms with Crippen molar-refractivity contribution in [3.8, 4) is 5.75 Å². The summed E-state index contributed by atoms with van der Waals surface area (Å²) < 4.78 is 5.62. The first-order chi connectivity index (χ1) is 9.29. The maximum atomic E-state index is 11.2. The Bertz CT molecular complexity index is 475. The van der Waals surface area contributed by atoms with Gasteiger partial charge in [0.05, 0.1) is 13.0 Å². The van der Waals surface area contributed by atoms with Crippen molar-refractivity contribution in [2.24, 2.45) is 5.92 Å². The Morgan fingerprint density at radius 3 is 2.00 bits per heavy atom. The first kappa shape index (κ1) is 16.5.